The van der Waals surface area contributed by atoms with Gasteiger partial charge in [-0.05, 0) is 12.5 Å². The van der Waals surface area contributed by atoms with E-state index in [0.29, 0.717) is 0 Å². The first-order valence-corrected chi connectivity index (χ1v) is 5.99. The van der Waals surface area contributed by atoms with Crippen molar-refractivity contribution in [2.75, 3.05) is 20.4 Å². The normalized spacial score (nSPS) is 5.64. The van der Waals surface area contributed by atoms with Crippen LogP contribution in [0.4, 0.5) is 4.79 Å². The van der Waals surface area contributed by atoms with Crippen LogP contribution in [0.3, 0.4) is 0 Å². The molecule has 4 heteroatoms. The molecule has 0 aliphatic rings. The monoisotopic (exact) mass is 222 g/mol. The Morgan fingerprint density at radius 3 is 1.50 bits per heavy atom. The Labute approximate surface area is 93.7 Å². The third-order valence-electron chi connectivity index (χ3n) is 0.594. The highest BCUT2D eigenvalue weighted by molar-refractivity contribution is 8.12. The van der Waals surface area contributed by atoms with Crippen LogP contribution in [-0.2, 0) is 0 Å². The summed E-state index contributed by atoms with van der Waals surface area (Å²) in [4.78, 5) is 10.0. The molecule has 0 saturated carbocycles. The summed E-state index contributed by atoms with van der Waals surface area (Å²) in [5.74, 6) is 0. The van der Waals surface area contributed by atoms with E-state index in [9.17, 15) is 4.79 Å². The SMILES string of the molecule is C=CNC.CC.CC.CNC(=O)SC. The summed E-state index contributed by atoms with van der Waals surface area (Å²) in [6, 6.07) is 0. The lowest BCUT2D eigenvalue weighted by molar-refractivity contribution is 0.262. The lowest BCUT2D eigenvalue weighted by Crippen LogP contribution is -2.09. The summed E-state index contributed by atoms with van der Waals surface area (Å²) in [5.41, 5.74) is 0. The van der Waals surface area contributed by atoms with E-state index in [-0.39, 0.29) is 5.24 Å². The Hall–Kier alpha value is -0.640. The van der Waals surface area contributed by atoms with E-state index in [1.165, 1.54) is 11.8 Å². The van der Waals surface area contributed by atoms with Crippen molar-refractivity contribution in [3.05, 3.63) is 12.8 Å². The Balaban J connectivity index is -0.0000000546. The molecule has 14 heavy (non-hydrogen) atoms. The van der Waals surface area contributed by atoms with Gasteiger partial charge in [-0.15, -0.1) is 0 Å². The second kappa shape index (κ2) is 39.4. The summed E-state index contributed by atoms with van der Waals surface area (Å²) in [6.45, 7) is 11.4. The van der Waals surface area contributed by atoms with Gasteiger partial charge in [-0.25, -0.2) is 0 Å². The number of nitrogens with one attached hydrogen (secondary N) is 2. The van der Waals surface area contributed by atoms with Gasteiger partial charge in [0.25, 0.3) is 5.24 Å². The predicted octanol–water partition coefficient (Wildman–Crippen LogP) is 3.09. The Morgan fingerprint density at radius 2 is 1.50 bits per heavy atom. The van der Waals surface area contributed by atoms with Crippen molar-refractivity contribution in [2.45, 2.75) is 27.7 Å². The smallest absolute Gasteiger partial charge is 0.278 e. The lowest BCUT2D eigenvalue weighted by Gasteiger charge is -1.86. The maximum Gasteiger partial charge on any atom is 0.278 e. The van der Waals surface area contributed by atoms with E-state index in [4.69, 9.17) is 0 Å². The Kier molecular flexibility index (Phi) is 65.6. The first-order valence-electron chi connectivity index (χ1n) is 4.76. The molecule has 0 heterocycles. The molecule has 0 aliphatic carbocycles. The van der Waals surface area contributed by atoms with Gasteiger partial charge in [0, 0.05) is 14.1 Å². The van der Waals surface area contributed by atoms with Crippen molar-refractivity contribution in [1.82, 2.24) is 10.6 Å². The molecule has 0 fully saturated rings. The average Bonchev–Trinajstić information content (AvgIpc) is 2.33. The van der Waals surface area contributed by atoms with Crippen molar-refractivity contribution in [3.63, 3.8) is 0 Å². The summed E-state index contributed by atoms with van der Waals surface area (Å²) in [6.07, 6.45) is 3.36. The zero-order chi connectivity index (χ0) is 12.4. The third kappa shape index (κ3) is 64.1. The van der Waals surface area contributed by atoms with Crippen LogP contribution in [0.5, 0.6) is 0 Å². The van der Waals surface area contributed by atoms with Gasteiger partial charge in [-0.2, -0.15) is 0 Å². The number of carbonyl (C=O) groups excluding carboxylic acids is 1. The lowest BCUT2D eigenvalue weighted by atomic mass is 11.0. The molecule has 1 amide bonds. The Morgan fingerprint density at radius 1 is 1.21 bits per heavy atom. The van der Waals surface area contributed by atoms with Crippen molar-refractivity contribution < 1.29 is 4.79 Å². The van der Waals surface area contributed by atoms with Gasteiger partial charge in [0.15, 0.2) is 0 Å². The highest BCUT2D eigenvalue weighted by Gasteiger charge is 1.85. The fraction of sp³-hybridized carbons (Fsp3) is 0.700. The predicted molar refractivity (Wildman–Crippen MR) is 69.9 cm³/mol. The summed E-state index contributed by atoms with van der Waals surface area (Å²) in [5, 5.41) is 5.14. The van der Waals surface area contributed by atoms with Crippen LogP contribution >= 0.6 is 11.8 Å². The van der Waals surface area contributed by atoms with E-state index in [1.54, 1.807) is 19.5 Å². The van der Waals surface area contributed by atoms with Gasteiger partial charge in [0.2, 0.25) is 0 Å². The van der Waals surface area contributed by atoms with Crippen LogP contribution in [0.2, 0.25) is 0 Å². The van der Waals surface area contributed by atoms with Crippen LogP contribution in [0.1, 0.15) is 27.7 Å². The van der Waals surface area contributed by atoms with E-state index < -0.39 is 0 Å². The van der Waals surface area contributed by atoms with Gasteiger partial charge in [0.05, 0.1) is 0 Å². The number of rotatable bonds is 1. The average molecular weight is 222 g/mol. The van der Waals surface area contributed by atoms with Gasteiger partial charge in [-0.1, -0.05) is 46.0 Å². The number of hydrogen-bond donors (Lipinski definition) is 2. The first-order chi connectivity index (χ1) is 6.72. The van der Waals surface area contributed by atoms with Crippen molar-refractivity contribution >= 4 is 17.0 Å². The minimum atomic E-state index is 0.00926. The van der Waals surface area contributed by atoms with Gasteiger partial charge >= 0.3 is 0 Å². The van der Waals surface area contributed by atoms with Crippen molar-refractivity contribution in [2.24, 2.45) is 0 Å². The van der Waals surface area contributed by atoms with Crippen LogP contribution in [0.15, 0.2) is 12.8 Å². The summed E-state index contributed by atoms with van der Waals surface area (Å²) in [7, 11) is 3.42. The van der Waals surface area contributed by atoms with Crippen molar-refractivity contribution in [1.29, 1.82) is 0 Å². The van der Waals surface area contributed by atoms with E-state index in [0.717, 1.165) is 0 Å². The summed E-state index contributed by atoms with van der Waals surface area (Å²) < 4.78 is 0. The van der Waals surface area contributed by atoms with E-state index >= 15 is 0 Å². The molecular formula is C10H26N2OS. The van der Waals surface area contributed by atoms with Crippen molar-refractivity contribution in [3.8, 4) is 0 Å². The zero-order valence-corrected chi connectivity index (χ0v) is 11.4. The molecule has 0 aromatic heterocycles. The molecule has 0 spiro atoms. The maximum absolute atomic E-state index is 10.0. The van der Waals surface area contributed by atoms with Crippen LogP contribution in [0.25, 0.3) is 0 Å². The van der Waals surface area contributed by atoms with Gasteiger partial charge in [-0.3, -0.25) is 4.79 Å². The molecule has 0 aromatic carbocycles. The highest BCUT2D eigenvalue weighted by Crippen LogP contribution is 1.88. The van der Waals surface area contributed by atoms with Crippen LogP contribution in [0, 0.1) is 0 Å². The van der Waals surface area contributed by atoms with Gasteiger partial charge in [0.1, 0.15) is 0 Å². The molecule has 3 nitrogen and oxygen atoms in total. The summed E-state index contributed by atoms with van der Waals surface area (Å²) >= 11 is 1.17. The van der Waals surface area contributed by atoms with Gasteiger partial charge < -0.3 is 10.6 Å². The molecule has 0 atom stereocenters. The minimum Gasteiger partial charge on any atom is -0.394 e. The molecule has 0 aliphatic heterocycles. The quantitative estimate of drug-likeness (QED) is 0.716. The molecule has 0 saturated heterocycles. The number of amides is 1. The number of carbonyl (C=O) groups is 1. The Bertz CT molecular complexity index is 92.1. The van der Waals surface area contributed by atoms with E-state index in [1.807, 2.05) is 34.7 Å². The molecule has 0 aromatic rings. The standard InChI is InChI=1S/C3H7NOS.C3H7N.2C2H6/c1-4-3(5)6-2;1-3-4-2;2*1-2/h1-2H3,(H,4,5);3-4H,1H2,2H3;2*1-2H3. The topological polar surface area (TPSA) is 41.1 Å². The van der Waals surface area contributed by atoms with Crippen LogP contribution < -0.4 is 10.6 Å². The fourth-order valence-electron chi connectivity index (χ4n) is 0.102. The minimum absolute atomic E-state index is 0.00926. The second-order valence-electron chi connectivity index (χ2n) is 1.23. The maximum atomic E-state index is 10.0. The highest BCUT2D eigenvalue weighted by atomic mass is 32.2. The third-order valence-corrected chi connectivity index (χ3v) is 1.17. The molecule has 2 N–H and O–H groups in total. The number of thioether (sulfide) groups is 1. The largest absolute Gasteiger partial charge is 0.394 e. The van der Waals surface area contributed by atoms with E-state index in [2.05, 4.69) is 17.2 Å². The van der Waals surface area contributed by atoms with Crippen LogP contribution in [-0.4, -0.2) is 25.6 Å². The molecule has 0 rings (SSSR count). The first kappa shape index (κ1) is 23.3. The molecule has 0 radical (unpaired) electrons. The zero-order valence-electron chi connectivity index (χ0n) is 10.6. The molecule has 0 bridgehead atoms. The number of hydrogen-bond acceptors (Lipinski definition) is 3. The fourth-order valence-corrected chi connectivity index (χ4v) is 0.306. The molecule has 0 unspecified atom stereocenters. The molecular weight excluding hydrogens is 196 g/mol. The molecule has 88 valence electrons. The second-order valence-corrected chi connectivity index (χ2v) is 2.01.